The van der Waals surface area contributed by atoms with Crippen LogP contribution in [-0.2, 0) is 11.2 Å². The Balaban J connectivity index is 2.00. The number of ether oxygens (including phenoxy) is 3. The van der Waals surface area contributed by atoms with Crippen molar-refractivity contribution in [2.45, 2.75) is 6.42 Å². The summed E-state index contributed by atoms with van der Waals surface area (Å²) in [5.74, 6) is 2.92. The number of benzene rings is 1. The summed E-state index contributed by atoms with van der Waals surface area (Å²) in [5.41, 5.74) is 0.847. The molecule has 0 aliphatic heterocycles. The van der Waals surface area contributed by atoms with E-state index >= 15 is 0 Å². The molecule has 0 saturated carbocycles. The van der Waals surface area contributed by atoms with Gasteiger partial charge in [-0.2, -0.15) is 0 Å². The number of nitrogens with one attached hydrogen (secondary N) is 2. The molecule has 2 N–H and O–H groups in total. The minimum atomic E-state index is 0.553. The molecule has 0 atom stereocenters. The van der Waals surface area contributed by atoms with Crippen LogP contribution in [0.2, 0.25) is 0 Å². The zero-order valence-corrected chi connectivity index (χ0v) is 14.9. The molecule has 1 heterocycles. The zero-order valence-electron chi connectivity index (χ0n) is 14.9. The molecule has 0 saturated heterocycles. The van der Waals surface area contributed by atoms with Crippen molar-refractivity contribution in [3.63, 3.8) is 0 Å². The van der Waals surface area contributed by atoms with Crippen molar-refractivity contribution >= 4 is 11.6 Å². The van der Waals surface area contributed by atoms with Crippen LogP contribution in [0.1, 0.15) is 5.76 Å². The monoisotopic (exact) mass is 347 g/mol. The third-order valence-corrected chi connectivity index (χ3v) is 3.46. The van der Waals surface area contributed by atoms with E-state index in [4.69, 9.17) is 18.6 Å². The molecule has 7 nitrogen and oxygen atoms in total. The highest BCUT2D eigenvalue weighted by atomic mass is 16.5. The van der Waals surface area contributed by atoms with Crippen molar-refractivity contribution in [1.82, 2.24) is 5.32 Å². The van der Waals surface area contributed by atoms with Gasteiger partial charge in [0.15, 0.2) is 17.5 Å². The van der Waals surface area contributed by atoms with E-state index in [1.54, 1.807) is 27.6 Å². The number of aliphatic imine (C=N–C) groups is 1. The summed E-state index contributed by atoms with van der Waals surface area (Å²) >= 11 is 0. The Hall–Kier alpha value is -2.67. The van der Waals surface area contributed by atoms with Crippen LogP contribution in [0, 0.1) is 0 Å². The number of hydrogen-bond donors (Lipinski definition) is 2. The second-order valence-corrected chi connectivity index (χ2v) is 5.17. The largest absolute Gasteiger partial charge is 0.493 e. The maximum absolute atomic E-state index is 5.34. The number of nitrogens with zero attached hydrogens (tertiary/aromatic N) is 1. The minimum absolute atomic E-state index is 0.553. The van der Waals surface area contributed by atoms with Crippen LogP contribution in [0.4, 0.5) is 5.69 Å². The zero-order chi connectivity index (χ0) is 17.9. The van der Waals surface area contributed by atoms with Gasteiger partial charge in [-0.25, -0.2) is 0 Å². The lowest BCUT2D eigenvalue weighted by atomic mass is 10.2. The van der Waals surface area contributed by atoms with E-state index in [1.165, 1.54) is 0 Å². The number of rotatable bonds is 9. The molecule has 0 bridgehead atoms. The van der Waals surface area contributed by atoms with Gasteiger partial charge in [-0.15, -0.1) is 0 Å². The standard InChI is InChI=1S/C18H25N3O4/c1-22-12-10-20-18(19-9-8-15-5-4-11-25-15)21-14-6-7-16(23-2)17(13-14)24-3/h4-7,11,13H,8-10,12H2,1-3H3,(H2,19,20,21). The summed E-state index contributed by atoms with van der Waals surface area (Å²) in [5, 5.41) is 6.54. The molecule has 0 amide bonds. The van der Waals surface area contributed by atoms with Gasteiger partial charge in [0.05, 0.1) is 33.6 Å². The number of guanidine groups is 1. The van der Waals surface area contributed by atoms with Crippen molar-refractivity contribution in [1.29, 1.82) is 0 Å². The third-order valence-electron chi connectivity index (χ3n) is 3.46. The predicted molar refractivity (Wildman–Crippen MR) is 97.8 cm³/mol. The molecule has 0 aliphatic rings. The average molecular weight is 347 g/mol. The fourth-order valence-electron chi connectivity index (χ4n) is 2.20. The SMILES string of the molecule is COCCN=C(NCCc1ccco1)Nc1ccc(OC)c(OC)c1. The van der Waals surface area contributed by atoms with E-state index in [0.29, 0.717) is 37.2 Å². The summed E-state index contributed by atoms with van der Waals surface area (Å²) < 4.78 is 21.0. The van der Waals surface area contributed by atoms with E-state index in [1.807, 2.05) is 30.3 Å². The van der Waals surface area contributed by atoms with Crippen molar-refractivity contribution in [3.05, 3.63) is 42.4 Å². The minimum Gasteiger partial charge on any atom is -0.493 e. The van der Waals surface area contributed by atoms with Gasteiger partial charge < -0.3 is 29.3 Å². The molecule has 0 radical (unpaired) electrons. The summed E-state index contributed by atoms with van der Waals surface area (Å²) in [7, 11) is 4.87. The van der Waals surface area contributed by atoms with Crippen LogP contribution in [0.5, 0.6) is 11.5 Å². The highest BCUT2D eigenvalue weighted by Crippen LogP contribution is 2.29. The number of methoxy groups -OCH3 is 3. The first-order valence-electron chi connectivity index (χ1n) is 8.05. The topological polar surface area (TPSA) is 77.2 Å². The van der Waals surface area contributed by atoms with Crippen molar-refractivity contribution in [2.75, 3.05) is 46.3 Å². The predicted octanol–water partition coefficient (Wildman–Crippen LogP) is 2.54. The molecular weight excluding hydrogens is 322 g/mol. The van der Waals surface area contributed by atoms with Gasteiger partial charge in [0.25, 0.3) is 0 Å². The quantitative estimate of drug-likeness (QED) is 0.412. The molecule has 2 aromatic rings. The second kappa shape index (κ2) is 10.2. The molecule has 0 spiro atoms. The van der Waals surface area contributed by atoms with Crippen LogP contribution < -0.4 is 20.1 Å². The summed E-state index contributed by atoms with van der Waals surface area (Å²) in [6.07, 6.45) is 2.44. The number of furan rings is 1. The van der Waals surface area contributed by atoms with Crippen LogP contribution in [0.3, 0.4) is 0 Å². The second-order valence-electron chi connectivity index (χ2n) is 5.17. The van der Waals surface area contributed by atoms with Gasteiger partial charge in [-0.3, -0.25) is 4.99 Å². The summed E-state index contributed by atoms with van der Waals surface area (Å²) in [6, 6.07) is 9.44. The molecule has 136 valence electrons. The molecule has 0 unspecified atom stereocenters. The highest BCUT2D eigenvalue weighted by Gasteiger charge is 2.07. The maximum atomic E-state index is 5.34. The molecule has 1 aromatic carbocycles. The molecule has 0 aliphatic carbocycles. The lowest BCUT2D eigenvalue weighted by molar-refractivity contribution is 0.208. The Morgan fingerprint density at radius 2 is 1.96 bits per heavy atom. The fraction of sp³-hybridized carbons (Fsp3) is 0.389. The first-order valence-corrected chi connectivity index (χ1v) is 8.05. The van der Waals surface area contributed by atoms with Gasteiger partial charge in [0.2, 0.25) is 0 Å². The third kappa shape index (κ3) is 6.04. The van der Waals surface area contributed by atoms with Crippen LogP contribution in [0.15, 0.2) is 46.0 Å². The first kappa shape index (κ1) is 18.7. The summed E-state index contributed by atoms with van der Waals surface area (Å²) in [6.45, 7) is 1.80. The van der Waals surface area contributed by atoms with Gasteiger partial charge in [-0.1, -0.05) is 0 Å². The Kier molecular flexibility index (Phi) is 7.65. The normalized spacial score (nSPS) is 11.2. The Morgan fingerprint density at radius 3 is 2.64 bits per heavy atom. The Morgan fingerprint density at radius 1 is 1.12 bits per heavy atom. The van der Waals surface area contributed by atoms with Gasteiger partial charge in [0.1, 0.15) is 5.76 Å². The highest BCUT2D eigenvalue weighted by molar-refractivity contribution is 5.93. The van der Waals surface area contributed by atoms with E-state index in [9.17, 15) is 0 Å². The average Bonchev–Trinajstić information content (AvgIpc) is 3.15. The molecule has 0 fully saturated rings. The molecule has 25 heavy (non-hydrogen) atoms. The van der Waals surface area contributed by atoms with Crippen LogP contribution >= 0.6 is 0 Å². The molecule has 7 heteroatoms. The van der Waals surface area contributed by atoms with Gasteiger partial charge >= 0.3 is 0 Å². The van der Waals surface area contributed by atoms with Crippen LogP contribution in [-0.4, -0.2) is 47.0 Å². The number of hydrogen-bond acceptors (Lipinski definition) is 5. The summed E-state index contributed by atoms with van der Waals surface area (Å²) in [4.78, 5) is 4.49. The van der Waals surface area contributed by atoms with Crippen molar-refractivity contribution in [3.8, 4) is 11.5 Å². The maximum Gasteiger partial charge on any atom is 0.195 e. The van der Waals surface area contributed by atoms with E-state index in [-0.39, 0.29) is 0 Å². The van der Waals surface area contributed by atoms with E-state index in [0.717, 1.165) is 17.9 Å². The Bertz CT molecular complexity index is 656. The smallest absolute Gasteiger partial charge is 0.195 e. The molecule has 2 rings (SSSR count). The lowest BCUT2D eigenvalue weighted by Gasteiger charge is -2.14. The molecular formula is C18H25N3O4. The van der Waals surface area contributed by atoms with E-state index in [2.05, 4.69) is 15.6 Å². The van der Waals surface area contributed by atoms with E-state index < -0.39 is 0 Å². The molecule has 1 aromatic heterocycles. The van der Waals surface area contributed by atoms with Gasteiger partial charge in [-0.05, 0) is 24.3 Å². The van der Waals surface area contributed by atoms with Crippen LogP contribution in [0.25, 0.3) is 0 Å². The lowest BCUT2D eigenvalue weighted by Crippen LogP contribution is -2.32. The van der Waals surface area contributed by atoms with Crippen molar-refractivity contribution < 1.29 is 18.6 Å². The van der Waals surface area contributed by atoms with Gasteiger partial charge in [0, 0.05) is 31.8 Å². The Labute approximate surface area is 148 Å². The first-order chi connectivity index (χ1) is 12.3. The number of anilines is 1. The fourth-order valence-corrected chi connectivity index (χ4v) is 2.20. The van der Waals surface area contributed by atoms with Crippen molar-refractivity contribution in [2.24, 2.45) is 4.99 Å².